The molecule has 0 saturated heterocycles. The Balaban J connectivity index is 2.64. The minimum atomic E-state index is -0.0404. The summed E-state index contributed by atoms with van der Waals surface area (Å²) in [6.07, 6.45) is 5.45. The molecule has 0 aliphatic rings. The van der Waals surface area contributed by atoms with E-state index in [2.05, 4.69) is 23.5 Å². The molecular formula is C11H19N3OS. The predicted molar refractivity (Wildman–Crippen MR) is 70.2 cm³/mol. The lowest BCUT2D eigenvalue weighted by molar-refractivity contribution is 0.686. The van der Waals surface area contributed by atoms with Crippen LogP contribution in [-0.4, -0.2) is 28.1 Å². The van der Waals surface area contributed by atoms with E-state index in [1.807, 2.05) is 18.7 Å². The van der Waals surface area contributed by atoms with Gasteiger partial charge in [0.05, 0.1) is 0 Å². The van der Waals surface area contributed by atoms with Crippen LogP contribution in [0.2, 0.25) is 0 Å². The molecule has 0 fully saturated rings. The number of anilines is 1. The van der Waals surface area contributed by atoms with Gasteiger partial charge in [0, 0.05) is 25.5 Å². The van der Waals surface area contributed by atoms with E-state index in [1.165, 1.54) is 0 Å². The molecule has 0 amide bonds. The van der Waals surface area contributed by atoms with Crippen molar-refractivity contribution in [3.8, 4) is 0 Å². The van der Waals surface area contributed by atoms with Crippen LogP contribution < -0.4 is 10.9 Å². The Kier molecular flexibility index (Phi) is 5.38. The molecule has 0 saturated carbocycles. The third-order valence-electron chi connectivity index (χ3n) is 2.32. The summed E-state index contributed by atoms with van der Waals surface area (Å²) in [5, 5.41) is 3.11. The molecule has 1 atom stereocenters. The van der Waals surface area contributed by atoms with Crippen molar-refractivity contribution < 1.29 is 0 Å². The largest absolute Gasteiger partial charge is 0.365 e. The molecule has 0 spiro atoms. The number of aryl methyl sites for hydroxylation is 1. The molecule has 0 bridgehead atoms. The number of hydrogen-bond acceptors (Lipinski definition) is 4. The molecule has 1 rings (SSSR count). The standard InChI is InChI=1S/C11H19N3OS/c1-4-14-6-5-12-10(11(14)15)13-7-9(2)8-16-3/h5-6,9H,4,7-8H2,1-3H3,(H,12,13). The van der Waals surface area contributed by atoms with Gasteiger partial charge in [0.15, 0.2) is 5.82 Å². The molecule has 1 aromatic rings. The molecule has 1 heterocycles. The van der Waals surface area contributed by atoms with Crippen molar-refractivity contribution in [3.63, 3.8) is 0 Å². The third kappa shape index (κ3) is 3.56. The summed E-state index contributed by atoms with van der Waals surface area (Å²) in [5.74, 6) is 2.07. The number of aromatic nitrogens is 2. The first-order chi connectivity index (χ1) is 7.69. The normalized spacial score (nSPS) is 12.4. The van der Waals surface area contributed by atoms with E-state index < -0.39 is 0 Å². The second-order valence-corrected chi connectivity index (χ2v) is 4.72. The second-order valence-electron chi connectivity index (χ2n) is 3.81. The number of nitrogens with one attached hydrogen (secondary N) is 1. The Hall–Kier alpha value is -0.970. The highest BCUT2D eigenvalue weighted by Crippen LogP contribution is 2.04. The molecule has 1 unspecified atom stereocenters. The van der Waals surface area contributed by atoms with Gasteiger partial charge in [-0.3, -0.25) is 4.79 Å². The van der Waals surface area contributed by atoms with Gasteiger partial charge in [-0.05, 0) is 24.9 Å². The zero-order valence-electron chi connectivity index (χ0n) is 10.1. The van der Waals surface area contributed by atoms with E-state index in [0.29, 0.717) is 18.3 Å². The van der Waals surface area contributed by atoms with Gasteiger partial charge < -0.3 is 9.88 Å². The topological polar surface area (TPSA) is 46.9 Å². The van der Waals surface area contributed by atoms with Crippen LogP contribution >= 0.6 is 11.8 Å². The first-order valence-corrected chi connectivity index (χ1v) is 6.86. The summed E-state index contributed by atoms with van der Waals surface area (Å²) in [6, 6.07) is 0. The lowest BCUT2D eigenvalue weighted by Crippen LogP contribution is -2.25. The lowest BCUT2D eigenvalue weighted by atomic mass is 10.2. The molecule has 1 N–H and O–H groups in total. The van der Waals surface area contributed by atoms with Crippen molar-refractivity contribution in [2.24, 2.45) is 5.92 Å². The van der Waals surface area contributed by atoms with Gasteiger partial charge in [-0.1, -0.05) is 6.92 Å². The van der Waals surface area contributed by atoms with E-state index >= 15 is 0 Å². The number of thioether (sulfide) groups is 1. The van der Waals surface area contributed by atoms with Crippen molar-refractivity contribution in [1.82, 2.24) is 9.55 Å². The molecule has 0 aliphatic carbocycles. The van der Waals surface area contributed by atoms with Crippen molar-refractivity contribution in [3.05, 3.63) is 22.7 Å². The Morgan fingerprint density at radius 2 is 2.38 bits per heavy atom. The molecule has 1 aromatic heterocycles. The van der Waals surface area contributed by atoms with Gasteiger partial charge >= 0.3 is 0 Å². The number of nitrogens with zero attached hydrogens (tertiary/aromatic N) is 2. The van der Waals surface area contributed by atoms with Gasteiger partial charge in [-0.15, -0.1) is 0 Å². The third-order valence-corrected chi connectivity index (χ3v) is 3.23. The first kappa shape index (κ1) is 13.1. The highest BCUT2D eigenvalue weighted by atomic mass is 32.2. The zero-order chi connectivity index (χ0) is 12.0. The first-order valence-electron chi connectivity index (χ1n) is 5.47. The van der Waals surface area contributed by atoms with Crippen LogP contribution in [0.4, 0.5) is 5.82 Å². The van der Waals surface area contributed by atoms with E-state index in [0.717, 1.165) is 12.3 Å². The van der Waals surface area contributed by atoms with E-state index in [-0.39, 0.29) is 5.56 Å². The highest BCUT2D eigenvalue weighted by molar-refractivity contribution is 7.98. The average Bonchev–Trinajstić information content (AvgIpc) is 2.28. The summed E-state index contributed by atoms with van der Waals surface area (Å²) < 4.78 is 1.65. The molecule has 4 nitrogen and oxygen atoms in total. The van der Waals surface area contributed by atoms with Crippen molar-refractivity contribution in [1.29, 1.82) is 0 Å². The summed E-state index contributed by atoms with van der Waals surface area (Å²) in [5.41, 5.74) is -0.0404. The summed E-state index contributed by atoms with van der Waals surface area (Å²) in [7, 11) is 0. The molecule has 16 heavy (non-hydrogen) atoms. The minimum Gasteiger partial charge on any atom is -0.365 e. The van der Waals surface area contributed by atoms with Crippen molar-refractivity contribution >= 4 is 17.6 Å². The smallest absolute Gasteiger partial charge is 0.293 e. The summed E-state index contributed by atoms with van der Waals surface area (Å²) >= 11 is 1.81. The molecule has 90 valence electrons. The fraction of sp³-hybridized carbons (Fsp3) is 0.636. The summed E-state index contributed by atoms with van der Waals surface area (Å²) in [4.78, 5) is 15.9. The quantitative estimate of drug-likeness (QED) is 0.823. The van der Waals surface area contributed by atoms with Crippen LogP contribution in [0.15, 0.2) is 17.2 Å². The van der Waals surface area contributed by atoms with Gasteiger partial charge in [0.2, 0.25) is 0 Å². The number of rotatable bonds is 6. The van der Waals surface area contributed by atoms with Crippen LogP contribution in [0.25, 0.3) is 0 Å². The fourth-order valence-corrected chi connectivity index (χ4v) is 2.12. The molecule has 5 heteroatoms. The van der Waals surface area contributed by atoms with E-state index in [4.69, 9.17) is 0 Å². The monoisotopic (exact) mass is 241 g/mol. The van der Waals surface area contributed by atoms with Gasteiger partial charge in [0.1, 0.15) is 0 Å². The van der Waals surface area contributed by atoms with Gasteiger partial charge in [0.25, 0.3) is 5.56 Å². The maximum Gasteiger partial charge on any atom is 0.293 e. The van der Waals surface area contributed by atoms with Gasteiger partial charge in [-0.25, -0.2) is 4.98 Å². The maximum absolute atomic E-state index is 11.8. The lowest BCUT2D eigenvalue weighted by Gasteiger charge is -2.11. The van der Waals surface area contributed by atoms with Crippen LogP contribution in [-0.2, 0) is 6.54 Å². The average molecular weight is 241 g/mol. The molecule has 0 aliphatic heterocycles. The van der Waals surface area contributed by atoms with E-state index in [9.17, 15) is 4.79 Å². The highest BCUT2D eigenvalue weighted by Gasteiger charge is 2.05. The van der Waals surface area contributed by atoms with Crippen LogP contribution in [0.5, 0.6) is 0 Å². The van der Waals surface area contributed by atoms with Crippen LogP contribution in [0.3, 0.4) is 0 Å². The Bertz CT molecular complexity index is 378. The maximum atomic E-state index is 11.8. The van der Waals surface area contributed by atoms with E-state index in [1.54, 1.807) is 17.0 Å². The zero-order valence-corrected chi connectivity index (χ0v) is 10.9. The minimum absolute atomic E-state index is 0.0404. The summed E-state index contributed by atoms with van der Waals surface area (Å²) in [6.45, 7) is 5.57. The number of hydrogen-bond donors (Lipinski definition) is 1. The van der Waals surface area contributed by atoms with Crippen molar-refractivity contribution in [2.75, 3.05) is 23.9 Å². The van der Waals surface area contributed by atoms with Crippen LogP contribution in [0.1, 0.15) is 13.8 Å². The van der Waals surface area contributed by atoms with Crippen LogP contribution in [0, 0.1) is 5.92 Å². The molecule has 0 aromatic carbocycles. The SMILES string of the molecule is CCn1ccnc(NCC(C)CSC)c1=O. The predicted octanol–water partition coefficient (Wildman–Crippen LogP) is 1.67. The molecular weight excluding hydrogens is 222 g/mol. The van der Waals surface area contributed by atoms with Crippen molar-refractivity contribution in [2.45, 2.75) is 20.4 Å². The molecule has 0 radical (unpaired) electrons. The Morgan fingerprint density at radius 1 is 1.62 bits per heavy atom. The Labute approximate surface area is 100 Å². The fourth-order valence-electron chi connectivity index (χ4n) is 1.43. The van der Waals surface area contributed by atoms with Gasteiger partial charge in [-0.2, -0.15) is 11.8 Å². The Morgan fingerprint density at radius 3 is 3.00 bits per heavy atom. The second kappa shape index (κ2) is 6.58.